The van der Waals surface area contributed by atoms with Crippen LogP contribution in [0.25, 0.3) is 11.2 Å². The number of H-pyrrole nitrogens is 1. The van der Waals surface area contributed by atoms with Crippen molar-refractivity contribution in [1.29, 1.82) is 0 Å². The molecule has 1 aromatic carbocycles. The number of likely N-dealkylation sites (tertiary alicyclic amines) is 1. The standard InChI is InChI=1S/C28H28F5N7O2/c29-20-4-1-3-19(24(20)30)17-7-6-16(26-37-36-22(39(26)15-17)14-28(31,32)33)13-23(41)38-11-8-18(9-12-38)40-21-5-2-10-34-25(21)35-27(40)42/h1-5,10,16-18H,6-9,11-15H2,(H,34,35,42). The molecule has 1 fully saturated rings. The lowest BCUT2D eigenvalue weighted by Gasteiger charge is -2.33. The number of piperidine rings is 1. The second-order valence-electron chi connectivity index (χ2n) is 11.0. The van der Waals surface area contributed by atoms with Crippen LogP contribution in [-0.2, 0) is 17.8 Å². The Hall–Kier alpha value is -4.10. The van der Waals surface area contributed by atoms with Crippen LogP contribution in [0.5, 0.6) is 0 Å². The van der Waals surface area contributed by atoms with Crippen molar-refractivity contribution < 1.29 is 26.7 Å². The smallest absolute Gasteiger partial charge is 0.343 e. The van der Waals surface area contributed by atoms with E-state index in [2.05, 4.69) is 20.2 Å². The molecule has 0 aliphatic carbocycles. The summed E-state index contributed by atoms with van der Waals surface area (Å²) in [5.74, 6) is -3.49. The Morgan fingerprint density at radius 1 is 1.02 bits per heavy atom. The fraction of sp³-hybridized carbons (Fsp3) is 0.464. The van der Waals surface area contributed by atoms with E-state index in [4.69, 9.17) is 0 Å². The van der Waals surface area contributed by atoms with E-state index >= 15 is 0 Å². The highest BCUT2D eigenvalue weighted by atomic mass is 19.4. The Kier molecular flexibility index (Phi) is 7.31. The Morgan fingerprint density at radius 2 is 1.81 bits per heavy atom. The van der Waals surface area contributed by atoms with Crippen LogP contribution in [0.3, 0.4) is 0 Å². The van der Waals surface area contributed by atoms with E-state index in [1.807, 2.05) is 6.07 Å². The van der Waals surface area contributed by atoms with Crippen molar-refractivity contribution in [3.8, 4) is 0 Å². The van der Waals surface area contributed by atoms with Crippen molar-refractivity contribution in [3.05, 3.63) is 75.9 Å². The number of nitrogens with one attached hydrogen (secondary N) is 1. The zero-order valence-electron chi connectivity index (χ0n) is 22.4. The van der Waals surface area contributed by atoms with Crippen LogP contribution < -0.4 is 5.69 Å². The second kappa shape index (κ2) is 11.0. The molecule has 42 heavy (non-hydrogen) atoms. The van der Waals surface area contributed by atoms with Gasteiger partial charge in [-0.05, 0) is 49.4 Å². The van der Waals surface area contributed by atoms with Crippen LogP contribution in [0.4, 0.5) is 22.0 Å². The molecule has 14 heteroatoms. The maximum atomic E-state index is 14.7. The first kappa shape index (κ1) is 28.0. The molecule has 5 heterocycles. The van der Waals surface area contributed by atoms with Gasteiger partial charge in [0.2, 0.25) is 5.91 Å². The van der Waals surface area contributed by atoms with E-state index in [0.717, 1.165) is 6.07 Å². The molecule has 6 rings (SSSR count). The number of rotatable bonds is 5. The van der Waals surface area contributed by atoms with Gasteiger partial charge in [-0.3, -0.25) is 14.3 Å². The van der Waals surface area contributed by atoms with Gasteiger partial charge >= 0.3 is 11.9 Å². The Balaban J connectivity index is 1.20. The minimum absolute atomic E-state index is 0.00980. The lowest BCUT2D eigenvalue weighted by Crippen LogP contribution is -2.41. The van der Waals surface area contributed by atoms with E-state index in [-0.39, 0.29) is 47.8 Å². The molecule has 9 nitrogen and oxygen atoms in total. The minimum atomic E-state index is -4.55. The van der Waals surface area contributed by atoms with Crippen LogP contribution in [-0.4, -0.2) is 59.4 Å². The quantitative estimate of drug-likeness (QED) is 0.343. The van der Waals surface area contributed by atoms with E-state index in [9.17, 15) is 31.5 Å². The Labute approximate surface area is 236 Å². The fourth-order valence-electron chi connectivity index (χ4n) is 6.32. The third-order valence-corrected chi connectivity index (χ3v) is 8.36. The van der Waals surface area contributed by atoms with Crippen molar-refractivity contribution in [3.63, 3.8) is 0 Å². The molecular formula is C28H28F5N7O2. The SMILES string of the molecule is O=C(CC1CCC(c2cccc(F)c2F)Cn2c(CC(F)(F)F)nnc21)N1CCC(n2c(=O)[nH]c3ncccc32)CC1. The number of aromatic nitrogens is 6. The van der Waals surface area contributed by atoms with E-state index in [1.165, 1.54) is 16.7 Å². The zero-order chi connectivity index (χ0) is 29.6. The van der Waals surface area contributed by atoms with Crippen molar-refractivity contribution in [2.24, 2.45) is 0 Å². The zero-order valence-corrected chi connectivity index (χ0v) is 22.4. The number of aromatic amines is 1. The highest BCUT2D eigenvalue weighted by molar-refractivity contribution is 5.77. The Bertz CT molecular complexity index is 1670. The predicted molar refractivity (Wildman–Crippen MR) is 141 cm³/mol. The molecule has 3 aromatic heterocycles. The van der Waals surface area contributed by atoms with Crippen LogP contribution in [0.2, 0.25) is 0 Å². The largest absolute Gasteiger partial charge is 0.396 e. The summed E-state index contributed by atoms with van der Waals surface area (Å²) in [6.07, 6.45) is -2.53. The summed E-state index contributed by atoms with van der Waals surface area (Å²) in [4.78, 5) is 34.7. The molecule has 2 aliphatic rings. The first-order valence-corrected chi connectivity index (χ1v) is 13.8. The van der Waals surface area contributed by atoms with Gasteiger partial charge in [0.25, 0.3) is 0 Å². The molecular weight excluding hydrogens is 561 g/mol. The number of nitrogens with zero attached hydrogens (tertiary/aromatic N) is 6. The molecule has 0 bridgehead atoms. The summed E-state index contributed by atoms with van der Waals surface area (Å²) in [7, 11) is 0. The monoisotopic (exact) mass is 589 g/mol. The summed E-state index contributed by atoms with van der Waals surface area (Å²) in [6.45, 7) is 0.746. The van der Waals surface area contributed by atoms with Crippen molar-refractivity contribution in [1.82, 2.24) is 34.2 Å². The van der Waals surface area contributed by atoms with E-state index < -0.39 is 36.1 Å². The number of amides is 1. The summed E-state index contributed by atoms with van der Waals surface area (Å²) in [5.41, 5.74) is 1.01. The molecule has 1 saturated heterocycles. The van der Waals surface area contributed by atoms with Gasteiger partial charge in [-0.15, -0.1) is 10.2 Å². The van der Waals surface area contributed by atoms with Crippen LogP contribution in [0.1, 0.15) is 67.2 Å². The number of halogens is 5. The maximum absolute atomic E-state index is 14.7. The van der Waals surface area contributed by atoms with Gasteiger partial charge in [-0.1, -0.05) is 12.1 Å². The number of carbonyl (C=O) groups is 1. The number of hydrogen-bond acceptors (Lipinski definition) is 5. The topological polar surface area (TPSA) is 102 Å². The normalized spacial score (nSPS) is 20.1. The number of alkyl halides is 3. The molecule has 0 saturated carbocycles. The number of carbonyl (C=O) groups excluding carboxylic acids is 1. The van der Waals surface area contributed by atoms with E-state index in [0.29, 0.717) is 49.9 Å². The van der Waals surface area contributed by atoms with Crippen molar-refractivity contribution in [2.45, 2.75) is 69.1 Å². The summed E-state index contributed by atoms with van der Waals surface area (Å²) < 4.78 is 71.8. The van der Waals surface area contributed by atoms with Crippen molar-refractivity contribution >= 4 is 17.1 Å². The molecule has 0 radical (unpaired) electrons. The minimum Gasteiger partial charge on any atom is -0.343 e. The third-order valence-electron chi connectivity index (χ3n) is 8.36. The van der Waals surface area contributed by atoms with Gasteiger partial charge < -0.3 is 9.47 Å². The van der Waals surface area contributed by atoms with Crippen LogP contribution >= 0.6 is 0 Å². The predicted octanol–water partition coefficient (Wildman–Crippen LogP) is 4.61. The number of pyridine rings is 1. The van der Waals surface area contributed by atoms with Crippen LogP contribution in [0.15, 0.2) is 41.3 Å². The van der Waals surface area contributed by atoms with Gasteiger partial charge in [0.05, 0.1) is 5.52 Å². The molecule has 2 atom stereocenters. The average Bonchev–Trinajstić information content (AvgIpc) is 3.43. The van der Waals surface area contributed by atoms with Gasteiger partial charge in [0, 0.05) is 50.1 Å². The lowest BCUT2D eigenvalue weighted by atomic mass is 9.89. The van der Waals surface area contributed by atoms with E-state index in [1.54, 1.807) is 21.7 Å². The number of hydrogen-bond donors (Lipinski definition) is 1. The molecule has 1 amide bonds. The first-order valence-electron chi connectivity index (χ1n) is 13.8. The van der Waals surface area contributed by atoms with Gasteiger partial charge in [-0.2, -0.15) is 13.2 Å². The molecule has 2 aliphatic heterocycles. The fourth-order valence-corrected chi connectivity index (χ4v) is 6.32. The summed E-state index contributed by atoms with van der Waals surface area (Å²) in [6, 6.07) is 7.24. The average molecular weight is 590 g/mol. The number of imidazole rings is 1. The molecule has 2 unspecified atom stereocenters. The van der Waals surface area contributed by atoms with Gasteiger partial charge in [0.1, 0.15) is 18.1 Å². The van der Waals surface area contributed by atoms with Gasteiger partial charge in [0.15, 0.2) is 17.3 Å². The molecule has 1 N–H and O–H groups in total. The highest BCUT2D eigenvalue weighted by Crippen LogP contribution is 2.38. The molecule has 222 valence electrons. The second-order valence-corrected chi connectivity index (χ2v) is 11.0. The number of benzene rings is 1. The lowest BCUT2D eigenvalue weighted by molar-refractivity contribution is -0.133. The molecule has 0 spiro atoms. The highest BCUT2D eigenvalue weighted by Gasteiger charge is 2.37. The summed E-state index contributed by atoms with van der Waals surface area (Å²) in [5, 5.41) is 7.85. The molecule has 4 aromatic rings. The number of fused-ring (bicyclic) bond motifs is 2. The third kappa shape index (κ3) is 5.41. The summed E-state index contributed by atoms with van der Waals surface area (Å²) >= 11 is 0. The maximum Gasteiger partial charge on any atom is 0.396 e. The Morgan fingerprint density at radius 3 is 2.57 bits per heavy atom. The van der Waals surface area contributed by atoms with Crippen LogP contribution in [0, 0.1) is 11.6 Å². The van der Waals surface area contributed by atoms with Crippen molar-refractivity contribution in [2.75, 3.05) is 13.1 Å². The first-order chi connectivity index (χ1) is 20.1. The van der Waals surface area contributed by atoms with Gasteiger partial charge in [-0.25, -0.2) is 18.6 Å².